The van der Waals surface area contributed by atoms with E-state index >= 15 is 0 Å². The van der Waals surface area contributed by atoms with Crippen molar-refractivity contribution in [1.29, 1.82) is 0 Å². The molecule has 3 aromatic rings. The van der Waals surface area contributed by atoms with E-state index in [2.05, 4.69) is 15.3 Å². The fourth-order valence-corrected chi connectivity index (χ4v) is 5.05. The van der Waals surface area contributed by atoms with Gasteiger partial charge in [-0.25, -0.2) is 22.5 Å². The first-order chi connectivity index (χ1) is 17.4. The van der Waals surface area contributed by atoms with Gasteiger partial charge in [-0.15, -0.1) is 0 Å². The van der Waals surface area contributed by atoms with E-state index in [1.54, 1.807) is 22.6 Å². The zero-order chi connectivity index (χ0) is 27.0. The third-order valence-corrected chi connectivity index (χ3v) is 7.38. The summed E-state index contributed by atoms with van der Waals surface area (Å²) in [5.41, 5.74) is 4.21. The molecule has 0 saturated heterocycles. The number of rotatable bonds is 6. The van der Waals surface area contributed by atoms with Gasteiger partial charge in [0.25, 0.3) is 11.8 Å². The van der Waals surface area contributed by atoms with Crippen LogP contribution in [0.4, 0.5) is 23.4 Å². The number of aliphatic hydroxyl groups excluding tert-OH is 1. The molecule has 7 nitrogen and oxygen atoms in total. The van der Waals surface area contributed by atoms with Crippen LogP contribution in [0.3, 0.4) is 0 Å². The van der Waals surface area contributed by atoms with Gasteiger partial charge in [-0.05, 0) is 59.2 Å². The van der Waals surface area contributed by atoms with E-state index < -0.39 is 41.6 Å². The van der Waals surface area contributed by atoms with Gasteiger partial charge in [0.15, 0.2) is 0 Å². The topological polar surface area (TPSA) is 121 Å². The van der Waals surface area contributed by atoms with E-state index in [0.717, 1.165) is 12.3 Å². The van der Waals surface area contributed by atoms with Crippen LogP contribution in [0.2, 0.25) is 0 Å². The molecular weight excluding hydrogens is 607 g/mol. The van der Waals surface area contributed by atoms with Gasteiger partial charge in [-0.1, -0.05) is 18.2 Å². The number of anilines is 1. The van der Waals surface area contributed by atoms with Gasteiger partial charge in [0.1, 0.15) is 28.7 Å². The average Bonchev–Trinajstić information content (AvgIpc) is 2.83. The highest BCUT2D eigenvalue weighted by Crippen LogP contribution is 2.44. The monoisotopic (exact) mass is 630 g/mol. The summed E-state index contributed by atoms with van der Waals surface area (Å²) in [5.74, 6) is -5.44. The Morgan fingerprint density at radius 1 is 1.19 bits per heavy atom. The molecule has 12 heteroatoms. The Hall–Kier alpha value is -2.84. The second-order valence-corrected chi connectivity index (χ2v) is 10.0. The van der Waals surface area contributed by atoms with E-state index in [-0.39, 0.29) is 63.3 Å². The van der Waals surface area contributed by atoms with Crippen molar-refractivity contribution in [2.75, 3.05) is 12.3 Å². The summed E-state index contributed by atoms with van der Waals surface area (Å²) in [7, 11) is 0. The molecule has 1 aliphatic rings. The Balaban J connectivity index is 1.48. The van der Waals surface area contributed by atoms with Gasteiger partial charge in [0.05, 0.1) is 27.1 Å². The summed E-state index contributed by atoms with van der Waals surface area (Å²) in [6.07, 6.45) is -0.985. The Bertz CT molecular complexity index is 1340. The summed E-state index contributed by atoms with van der Waals surface area (Å²) in [6, 6.07) is 7.79. The van der Waals surface area contributed by atoms with Crippen LogP contribution in [0, 0.1) is 15.2 Å². The summed E-state index contributed by atoms with van der Waals surface area (Å²) in [4.78, 5) is 20.7. The predicted molar refractivity (Wildman–Crippen MR) is 136 cm³/mol. The number of carbonyl (C=O) groups is 1. The van der Waals surface area contributed by atoms with Crippen molar-refractivity contribution in [1.82, 2.24) is 15.3 Å². The maximum atomic E-state index is 14.8. The molecule has 1 aliphatic carbocycles. The number of aromatic nitrogens is 2. The Labute approximate surface area is 223 Å². The first-order valence-electron chi connectivity index (χ1n) is 11.3. The van der Waals surface area contributed by atoms with Crippen LogP contribution in [0.25, 0.3) is 11.3 Å². The van der Waals surface area contributed by atoms with Gasteiger partial charge >= 0.3 is 0 Å². The molecule has 1 amide bonds. The van der Waals surface area contributed by atoms with Crippen LogP contribution in [0.5, 0.6) is 0 Å². The Kier molecular flexibility index (Phi) is 7.72. The summed E-state index contributed by atoms with van der Waals surface area (Å²) in [5, 5.41) is 23.4. The van der Waals surface area contributed by atoms with Gasteiger partial charge in [-0.3, -0.25) is 9.78 Å². The summed E-state index contributed by atoms with van der Waals surface area (Å²) < 4.78 is 56.4. The summed E-state index contributed by atoms with van der Waals surface area (Å²) >= 11 is 1.75. The number of nitrogens with two attached hydrogens (primary N) is 1. The number of benzene rings is 2. The number of alkyl halides is 2. The van der Waals surface area contributed by atoms with Gasteiger partial charge in [-0.2, -0.15) is 0 Å². The van der Waals surface area contributed by atoms with E-state index in [0.29, 0.717) is 0 Å². The van der Waals surface area contributed by atoms with Crippen LogP contribution < -0.4 is 11.1 Å². The van der Waals surface area contributed by atoms with Crippen LogP contribution in [0.1, 0.15) is 53.4 Å². The normalized spacial score (nSPS) is 19.9. The van der Waals surface area contributed by atoms with Gasteiger partial charge in [0.2, 0.25) is 0 Å². The van der Waals surface area contributed by atoms with Crippen molar-refractivity contribution in [2.24, 2.45) is 0 Å². The third kappa shape index (κ3) is 5.85. The molecule has 1 fully saturated rings. The number of hydrogen-bond acceptors (Lipinski definition) is 6. The number of aliphatic hydroxyl groups is 2. The standard InChI is InChI=1S/C25H23F4IN4O3/c26-16-4-1-3-15(20(16)30)18(35)10-33-23(36)14-6-5-13(9-17(14)27)21-22(31)34-19(11-32-21)24(37)7-2-8-25(28,29)12-24/h1,3-6,9,11,18,35,37H,2,7-8,10,12H2,(H2,31,34)(H,33,36)/t18-,24?/m1/s1. The number of nitrogens with one attached hydrogen (secondary N) is 1. The fraction of sp³-hybridized carbons (Fsp3) is 0.320. The minimum absolute atomic E-state index is 0.0527. The zero-order valence-electron chi connectivity index (χ0n) is 19.3. The van der Waals surface area contributed by atoms with Crippen molar-refractivity contribution in [2.45, 2.75) is 43.3 Å². The smallest absolute Gasteiger partial charge is 0.254 e. The first-order valence-corrected chi connectivity index (χ1v) is 12.4. The fourth-order valence-electron chi connectivity index (χ4n) is 4.33. The molecule has 2 aromatic carbocycles. The summed E-state index contributed by atoms with van der Waals surface area (Å²) in [6.45, 7) is -0.276. The highest BCUT2D eigenvalue weighted by molar-refractivity contribution is 14.1. The van der Waals surface area contributed by atoms with Crippen molar-refractivity contribution in [3.8, 4) is 11.3 Å². The molecule has 37 heavy (non-hydrogen) atoms. The van der Waals surface area contributed by atoms with Crippen LogP contribution in [0.15, 0.2) is 42.6 Å². The third-order valence-electron chi connectivity index (χ3n) is 6.24. The molecule has 0 bridgehead atoms. The minimum atomic E-state index is -3.03. The van der Waals surface area contributed by atoms with Crippen molar-refractivity contribution in [3.05, 3.63) is 74.6 Å². The molecule has 4 rings (SSSR count). The first kappa shape index (κ1) is 27.2. The number of hydrogen-bond donors (Lipinski definition) is 4. The second kappa shape index (κ2) is 10.5. The Morgan fingerprint density at radius 3 is 2.62 bits per heavy atom. The molecule has 1 aromatic heterocycles. The maximum Gasteiger partial charge on any atom is 0.254 e. The number of nitrogen functional groups attached to an aromatic ring is 1. The lowest BCUT2D eigenvalue weighted by atomic mass is 9.80. The van der Waals surface area contributed by atoms with Crippen LogP contribution in [-0.2, 0) is 5.60 Å². The van der Waals surface area contributed by atoms with Crippen LogP contribution >= 0.6 is 22.6 Å². The van der Waals surface area contributed by atoms with Crippen molar-refractivity contribution in [3.63, 3.8) is 0 Å². The molecule has 196 valence electrons. The second-order valence-electron chi connectivity index (χ2n) is 8.97. The molecule has 1 unspecified atom stereocenters. The molecule has 1 heterocycles. The quantitative estimate of drug-likeness (QED) is 0.236. The minimum Gasteiger partial charge on any atom is -0.387 e. The number of nitrogens with zero attached hydrogens (tertiary/aromatic N) is 2. The van der Waals surface area contributed by atoms with E-state index in [1.807, 2.05) is 0 Å². The maximum absolute atomic E-state index is 14.8. The highest BCUT2D eigenvalue weighted by Gasteiger charge is 2.46. The number of amides is 1. The molecule has 5 N–H and O–H groups in total. The molecule has 0 spiro atoms. The lowest BCUT2D eigenvalue weighted by molar-refractivity contribution is -0.130. The van der Waals surface area contributed by atoms with Crippen molar-refractivity contribution >= 4 is 34.3 Å². The molecule has 2 atom stereocenters. The largest absolute Gasteiger partial charge is 0.387 e. The molecule has 0 radical (unpaired) electrons. The lowest BCUT2D eigenvalue weighted by Crippen LogP contribution is -2.39. The van der Waals surface area contributed by atoms with Crippen molar-refractivity contribution < 1.29 is 32.6 Å². The molecule has 0 aliphatic heterocycles. The van der Waals surface area contributed by atoms with Gasteiger partial charge < -0.3 is 21.3 Å². The average molecular weight is 630 g/mol. The molecule has 1 saturated carbocycles. The predicted octanol–water partition coefficient (Wildman–Crippen LogP) is 4.47. The molecular formula is C25H23F4IN4O3. The van der Waals surface area contributed by atoms with E-state index in [4.69, 9.17) is 5.73 Å². The number of carbonyl (C=O) groups excluding carboxylic acids is 1. The lowest BCUT2D eigenvalue weighted by Gasteiger charge is -2.36. The van der Waals surface area contributed by atoms with Crippen LogP contribution in [-0.4, -0.2) is 38.6 Å². The highest BCUT2D eigenvalue weighted by atomic mass is 127. The van der Waals surface area contributed by atoms with E-state index in [1.165, 1.54) is 30.3 Å². The van der Waals surface area contributed by atoms with Gasteiger partial charge in [0, 0.05) is 24.9 Å². The zero-order valence-corrected chi connectivity index (χ0v) is 21.5. The Morgan fingerprint density at radius 2 is 1.95 bits per heavy atom. The SMILES string of the molecule is Nc1nc(C2(O)CCCC(F)(F)C2)cnc1-c1ccc(C(=O)NC[C@@H](O)c2cccc(F)c2I)c(F)c1. The van der Waals surface area contributed by atoms with E-state index in [9.17, 15) is 32.6 Å². The number of halogens is 5.